The van der Waals surface area contributed by atoms with Gasteiger partial charge in [-0.2, -0.15) is 0 Å². The molecule has 0 unspecified atom stereocenters. The fourth-order valence-electron chi connectivity index (χ4n) is 1.87. The average Bonchev–Trinajstić information content (AvgIpc) is 2.46. The van der Waals surface area contributed by atoms with E-state index in [9.17, 15) is 0 Å². The lowest BCUT2D eigenvalue weighted by Crippen LogP contribution is -2.12. The number of pyridine rings is 1. The van der Waals surface area contributed by atoms with Crippen LogP contribution in [0.1, 0.15) is 18.1 Å². The highest BCUT2D eigenvalue weighted by Gasteiger charge is 2.10. The van der Waals surface area contributed by atoms with Gasteiger partial charge in [0.25, 0.3) is 0 Å². The summed E-state index contributed by atoms with van der Waals surface area (Å²) in [6, 6.07) is 10.2. The third-order valence-electron chi connectivity index (χ3n) is 3.08. The summed E-state index contributed by atoms with van der Waals surface area (Å²) in [6.45, 7) is 2.14. The summed E-state index contributed by atoms with van der Waals surface area (Å²) in [4.78, 5) is 6.35. The van der Waals surface area contributed by atoms with Crippen molar-refractivity contribution >= 4 is 34.7 Å². The van der Waals surface area contributed by atoms with Gasteiger partial charge in [-0.15, -0.1) is 11.6 Å². The van der Waals surface area contributed by atoms with Crippen molar-refractivity contribution < 1.29 is 0 Å². The first kappa shape index (κ1) is 14.2. The van der Waals surface area contributed by atoms with Crippen molar-refractivity contribution in [3.05, 3.63) is 52.7 Å². The van der Waals surface area contributed by atoms with Crippen molar-refractivity contribution in [1.82, 2.24) is 4.98 Å². The highest BCUT2D eigenvalue weighted by atomic mass is 35.5. The molecular formula is C15H16Cl2N2. The number of alkyl halides is 1. The van der Waals surface area contributed by atoms with Crippen LogP contribution in [0.25, 0.3) is 0 Å². The van der Waals surface area contributed by atoms with Crippen molar-refractivity contribution in [1.29, 1.82) is 0 Å². The Morgan fingerprint density at radius 3 is 2.37 bits per heavy atom. The van der Waals surface area contributed by atoms with Crippen LogP contribution in [0.4, 0.5) is 11.5 Å². The van der Waals surface area contributed by atoms with Crippen LogP contribution in [0, 0.1) is 0 Å². The van der Waals surface area contributed by atoms with Crippen LogP contribution in [0.2, 0.25) is 5.02 Å². The van der Waals surface area contributed by atoms with Gasteiger partial charge in [-0.3, -0.25) is 0 Å². The summed E-state index contributed by atoms with van der Waals surface area (Å²) < 4.78 is 0. The second kappa shape index (κ2) is 6.27. The zero-order valence-corrected chi connectivity index (χ0v) is 12.5. The number of hydrogen-bond acceptors (Lipinski definition) is 2. The standard InChI is InChI=1S/C15H16Cl2N2/c1-3-11-4-6-13(7-5-11)19(2)15-14(17)8-12(9-16)10-18-15/h4-8,10H,3,9H2,1-2H3. The third kappa shape index (κ3) is 3.20. The monoisotopic (exact) mass is 294 g/mol. The molecule has 19 heavy (non-hydrogen) atoms. The second-order valence-corrected chi connectivity index (χ2v) is 5.04. The van der Waals surface area contributed by atoms with Crippen molar-refractivity contribution in [2.75, 3.05) is 11.9 Å². The van der Waals surface area contributed by atoms with E-state index in [-0.39, 0.29) is 0 Å². The molecule has 0 aliphatic heterocycles. The largest absolute Gasteiger partial charge is 0.328 e. The van der Waals surface area contributed by atoms with Crippen LogP contribution in [-0.4, -0.2) is 12.0 Å². The van der Waals surface area contributed by atoms with Gasteiger partial charge in [0.15, 0.2) is 5.82 Å². The minimum atomic E-state index is 0.419. The van der Waals surface area contributed by atoms with Gasteiger partial charge in [0, 0.05) is 24.8 Å². The summed E-state index contributed by atoms with van der Waals surface area (Å²) in [5.74, 6) is 1.15. The smallest absolute Gasteiger partial charge is 0.151 e. The van der Waals surface area contributed by atoms with Gasteiger partial charge >= 0.3 is 0 Å². The third-order valence-corrected chi connectivity index (χ3v) is 3.67. The molecule has 0 bridgehead atoms. The molecule has 0 N–H and O–H groups in total. The average molecular weight is 295 g/mol. The van der Waals surface area contributed by atoms with E-state index in [0.717, 1.165) is 23.5 Å². The maximum absolute atomic E-state index is 6.25. The Morgan fingerprint density at radius 1 is 1.16 bits per heavy atom. The van der Waals surface area contributed by atoms with E-state index in [1.165, 1.54) is 5.56 Å². The number of nitrogens with zero attached hydrogens (tertiary/aromatic N) is 2. The van der Waals surface area contributed by atoms with Crippen molar-refractivity contribution in [2.24, 2.45) is 0 Å². The van der Waals surface area contributed by atoms with Crippen LogP contribution in [0.3, 0.4) is 0 Å². The number of aryl methyl sites for hydroxylation is 1. The van der Waals surface area contributed by atoms with E-state index in [1.807, 2.05) is 18.0 Å². The molecule has 4 heteroatoms. The van der Waals surface area contributed by atoms with Crippen LogP contribution in [0.5, 0.6) is 0 Å². The molecule has 0 atom stereocenters. The quantitative estimate of drug-likeness (QED) is 0.753. The first-order valence-corrected chi connectivity index (χ1v) is 7.10. The first-order valence-electron chi connectivity index (χ1n) is 6.18. The number of anilines is 2. The van der Waals surface area contributed by atoms with Gasteiger partial charge < -0.3 is 4.90 Å². The van der Waals surface area contributed by atoms with E-state index in [1.54, 1.807) is 6.20 Å². The van der Waals surface area contributed by atoms with Crippen molar-refractivity contribution in [2.45, 2.75) is 19.2 Å². The molecule has 1 heterocycles. The maximum Gasteiger partial charge on any atom is 0.151 e. The number of aromatic nitrogens is 1. The summed E-state index contributed by atoms with van der Waals surface area (Å²) >= 11 is 12.0. The maximum atomic E-state index is 6.25. The molecule has 0 saturated heterocycles. The van der Waals surface area contributed by atoms with Gasteiger partial charge in [-0.1, -0.05) is 30.7 Å². The van der Waals surface area contributed by atoms with Crippen molar-refractivity contribution in [3.8, 4) is 0 Å². The minimum absolute atomic E-state index is 0.419. The summed E-state index contributed by atoms with van der Waals surface area (Å²) in [7, 11) is 1.95. The molecule has 0 radical (unpaired) electrons. The zero-order chi connectivity index (χ0) is 13.8. The first-order chi connectivity index (χ1) is 9.15. The highest BCUT2D eigenvalue weighted by molar-refractivity contribution is 6.33. The van der Waals surface area contributed by atoms with Gasteiger partial charge in [0.1, 0.15) is 0 Å². The SMILES string of the molecule is CCc1ccc(N(C)c2ncc(CCl)cc2Cl)cc1. The normalized spacial score (nSPS) is 10.5. The Bertz CT molecular complexity index is 553. The number of hydrogen-bond donors (Lipinski definition) is 0. The van der Waals surface area contributed by atoms with E-state index >= 15 is 0 Å². The Morgan fingerprint density at radius 2 is 1.84 bits per heavy atom. The zero-order valence-electron chi connectivity index (χ0n) is 11.0. The Hall–Kier alpha value is -1.25. The molecule has 100 valence electrons. The summed E-state index contributed by atoms with van der Waals surface area (Å²) in [6.07, 6.45) is 2.79. The lowest BCUT2D eigenvalue weighted by Gasteiger charge is -2.20. The van der Waals surface area contributed by atoms with E-state index in [0.29, 0.717) is 10.9 Å². The van der Waals surface area contributed by atoms with Gasteiger partial charge in [-0.25, -0.2) is 4.98 Å². The molecule has 0 fully saturated rings. The van der Waals surface area contributed by atoms with Crippen LogP contribution >= 0.6 is 23.2 Å². The highest BCUT2D eigenvalue weighted by Crippen LogP contribution is 2.29. The second-order valence-electron chi connectivity index (χ2n) is 4.36. The molecule has 1 aromatic carbocycles. The molecule has 0 aliphatic carbocycles. The Labute approximate surface area is 124 Å². The summed E-state index contributed by atoms with van der Waals surface area (Å²) in [5, 5.41) is 0.611. The molecule has 2 nitrogen and oxygen atoms in total. The van der Waals surface area contributed by atoms with Crippen LogP contribution < -0.4 is 4.90 Å². The number of rotatable bonds is 4. The molecule has 0 aliphatic rings. The van der Waals surface area contributed by atoms with E-state index < -0.39 is 0 Å². The van der Waals surface area contributed by atoms with Crippen molar-refractivity contribution in [3.63, 3.8) is 0 Å². The molecule has 0 amide bonds. The van der Waals surface area contributed by atoms with Crippen LogP contribution in [0.15, 0.2) is 36.5 Å². The van der Waals surface area contributed by atoms with E-state index in [4.69, 9.17) is 23.2 Å². The van der Waals surface area contributed by atoms with Gasteiger partial charge in [0.2, 0.25) is 0 Å². The predicted octanol–water partition coefficient (Wildman–Crippen LogP) is 4.80. The molecule has 0 spiro atoms. The predicted molar refractivity (Wildman–Crippen MR) is 82.7 cm³/mol. The number of halogens is 2. The van der Waals surface area contributed by atoms with Crippen LogP contribution in [-0.2, 0) is 12.3 Å². The lowest BCUT2D eigenvalue weighted by atomic mass is 10.1. The minimum Gasteiger partial charge on any atom is -0.328 e. The topological polar surface area (TPSA) is 16.1 Å². The molecule has 1 aromatic heterocycles. The van der Waals surface area contributed by atoms with E-state index in [2.05, 4.69) is 36.2 Å². The molecule has 0 saturated carbocycles. The molecular weight excluding hydrogens is 279 g/mol. The summed E-state index contributed by atoms with van der Waals surface area (Å²) in [5.41, 5.74) is 3.30. The molecule has 2 aromatic rings. The fraction of sp³-hybridized carbons (Fsp3) is 0.267. The van der Waals surface area contributed by atoms with Gasteiger partial charge in [0.05, 0.1) is 5.02 Å². The Kier molecular flexibility index (Phi) is 4.67. The molecule has 2 rings (SSSR count). The Balaban J connectivity index is 2.29. The number of benzene rings is 1. The van der Waals surface area contributed by atoms with Gasteiger partial charge in [-0.05, 0) is 35.7 Å². The lowest BCUT2D eigenvalue weighted by molar-refractivity contribution is 1.10. The fourth-order valence-corrected chi connectivity index (χ4v) is 2.33.